The highest BCUT2D eigenvalue weighted by Crippen LogP contribution is 2.51. The number of benzene rings is 1. The number of nitrogens with zero attached hydrogens (tertiary/aromatic N) is 2. The van der Waals surface area contributed by atoms with Crippen molar-refractivity contribution in [1.82, 2.24) is 4.98 Å². The number of hydrogen-bond donors (Lipinski definition) is 2. The molecule has 1 aromatic carbocycles. The molecule has 1 aliphatic heterocycles. The molecular weight excluding hydrogens is 520 g/mol. The van der Waals surface area contributed by atoms with E-state index in [1.54, 1.807) is 6.20 Å². The molecular formula is C22H24F3IN4O. The van der Waals surface area contributed by atoms with Crippen LogP contribution >= 0.6 is 22.6 Å². The Balaban J connectivity index is 1.74. The Morgan fingerprint density at radius 1 is 1.23 bits per heavy atom. The van der Waals surface area contributed by atoms with Crippen molar-refractivity contribution < 1.29 is 17.9 Å². The fourth-order valence-corrected chi connectivity index (χ4v) is 4.84. The van der Waals surface area contributed by atoms with Gasteiger partial charge in [-0.1, -0.05) is 0 Å². The fraction of sp³-hybridized carbons (Fsp3) is 0.455. The van der Waals surface area contributed by atoms with E-state index in [0.717, 1.165) is 27.7 Å². The van der Waals surface area contributed by atoms with Crippen LogP contribution in [0.2, 0.25) is 0 Å². The number of amidine groups is 1. The summed E-state index contributed by atoms with van der Waals surface area (Å²) in [5.74, 6) is -4.41. The van der Waals surface area contributed by atoms with Crippen LogP contribution in [0.15, 0.2) is 35.5 Å². The zero-order chi connectivity index (χ0) is 22.6. The van der Waals surface area contributed by atoms with Gasteiger partial charge in [-0.05, 0) is 86.0 Å². The third-order valence-corrected chi connectivity index (χ3v) is 6.74. The van der Waals surface area contributed by atoms with Crippen molar-refractivity contribution in [3.8, 4) is 0 Å². The van der Waals surface area contributed by atoms with E-state index in [2.05, 4.69) is 44.0 Å². The molecule has 2 atom stereocenters. The summed E-state index contributed by atoms with van der Waals surface area (Å²) in [6.07, 6.45) is 3.48. The summed E-state index contributed by atoms with van der Waals surface area (Å²) in [7, 11) is 0. The van der Waals surface area contributed by atoms with Crippen LogP contribution in [0, 0.1) is 9.39 Å². The molecule has 4 rings (SSSR count). The summed E-state index contributed by atoms with van der Waals surface area (Å²) in [6.45, 7) is 3.48. The van der Waals surface area contributed by atoms with E-state index in [9.17, 15) is 4.39 Å². The van der Waals surface area contributed by atoms with Gasteiger partial charge in [0.2, 0.25) is 0 Å². The molecule has 0 radical (unpaired) electrons. The van der Waals surface area contributed by atoms with E-state index in [-0.39, 0.29) is 24.0 Å². The SMILES string of the molecule is CC1(C)OCC(N)=N[C@](C)(c2cc(NC3CCc4cc(I)cnc43)ccc2F)C1(F)F. The number of hydrogen-bond acceptors (Lipinski definition) is 5. The first-order valence-electron chi connectivity index (χ1n) is 10.0. The number of aryl methyl sites for hydroxylation is 1. The number of halogens is 4. The molecule has 2 heterocycles. The van der Waals surface area contributed by atoms with Crippen LogP contribution < -0.4 is 11.1 Å². The number of aromatic nitrogens is 1. The number of pyridine rings is 1. The van der Waals surface area contributed by atoms with Crippen LogP contribution in [0.1, 0.15) is 50.1 Å². The van der Waals surface area contributed by atoms with Gasteiger partial charge >= 0.3 is 5.92 Å². The average Bonchev–Trinajstić information content (AvgIpc) is 3.06. The van der Waals surface area contributed by atoms with E-state index in [1.165, 1.54) is 39.0 Å². The van der Waals surface area contributed by atoms with E-state index in [0.29, 0.717) is 5.69 Å². The summed E-state index contributed by atoms with van der Waals surface area (Å²) in [5.41, 5.74) is 4.05. The Morgan fingerprint density at radius 2 is 1.97 bits per heavy atom. The molecule has 3 N–H and O–H groups in total. The minimum Gasteiger partial charge on any atom is -0.385 e. The summed E-state index contributed by atoms with van der Waals surface area (Å²) >= 11 is 2.22. The molecule has 0 spiro atoms. The maximum absolute atomic E-state index is 15.6. The molecule has 9 heteroatoms. The Hall–Kier alpha value is -1.88. The number of ether oxygens (including phenoxy) is 1. The minimum atomic E-state index is -3.53. The van der Waals surface area contributed by atoms with Crippen LogP contribution in [0.25, 0.3) is 0 Å². The van der Waals surface area contributed by atoms with Crippen molar-refractivity contribution in [2.45, 2.75) is 56.7 Å². The predicted molar refractivity (Wildman–Crippen MR) is 122 cm³/mol. The smallest absolute Gasteiger partial charge is 0.304 e. The van der Waals surface area contributed by atoms with E-state index < -0.39 is 22.9 Å². The van der Waals surface area contributed by atoms with E-state index >= 15 is 8.78 Å². The molecule has 1 aromatic heterocycles. The first kappa shape index (κ1) is 22.3. The molecule has 2 aliphatic rings. The molecule has 0 saturated carbocycles. The maximum atomic E-state index is 15.6. The second-order valence-electron chi connectivity index (χ2n) is 8.68. The molecule has 0 bridgehead atoms. The Labute approximate surface area is 192 Å². The quantitative estimate of drug-likeness (QED) is 0.538. The van der Waals surface area contributed by atoms with Gasteiger partial charge in [-0.3, -0.25) is 9.98 Å². The first-order chi connectivity index (χ1) is 14.4. The van der Waals surface area contributed by atoms with Gasteiger partial charge in [-0.25, -0.2) is 13.2 Å². The molecule has 0 saturated heterocycles. The van der Waals surface area contributed by atoms with Crippen LogP contribution in [-0.2, 0) is 16.7 Å². The third-order valence-electron chi connectivity index (χ3n) is 6.15. The normalized spacial score (nSPS) is 26.7. The lowest BCUT2D eigenvalue weighted by Crippen LogP contribution is -2.56. The number of anilines is 1. The standard InChI is InChI=1S/C22H24F3IN4O/c1-20(2)22(24,25)21(3,30-18(27)11-31-20)15-9-14(5-6-16(15)23)29-17-7-4-12-8-13(26)10-28-19(12)17/h5-6,8-10,17,29H,4,7,11H2,1-3H3,(H2,27,30)/t17?,21-/m1/s1. The topological polar surface area (TPSA) is 72.5 Å². The van der Waals surface area contributed by atoms with Gasteiger partial charge in [0, 0.05) is 21.0 Å². The van der Waals surface area contributed by atoms with Crippen molar-refractivity contribution in [2.75, 3.05) is 11.9 Å². The molecule has 166 valence electrons. The second kappa shape index (κ2) is 7.61. The predicted octanol–water partition coefficient (Wildman–Crippen LogP) is 4.94. The molecule has 1 unspecified atom stereocenters. The highest BCUT2D eigenvalue weighted by atomic mass is 127. The lowest BCUT2D eigenvalue weighted by molar-refractivity contribution is -0.214. The van der Waals surface area contributed by atoms with Gasteiger partial charge in [0.15, 0.2) is 5.54 Å². The van der Waals surface area contributed by atoms with Gasteiger partial charge in [0.05, 0.1) is 11.7 Å². The minimum absolute atomic E-state index is 0.0823. The van der Waals surface area contributed by atoms with Crippen molar-refractivity contribution in [3.63, 3.8) is 0 Å². The largest absolute Gasteiger partial charge is 0.385 e. The summed E-state index contributed by atoms with van der Waals surface area (Å²) in [4.78, 5) is 8.57. The van der Waals surface area contributed by atoms with E-state index in [4.69, 9.17) is 10.5 Å². The van der Waals surface area contributed by atoms with Gasteiger partial charge in [-0.15, -0.1) is 0 Å². The first-order valence-corrected chi connectivity index (χ1v) is 11.1. The number of nitrogens with one attached hydrogen (secondary N) is 1. The average molecular weight is 544 g/mol. The van der Waals surface area contributed by atoms with Crippen molar-refractivity contribution in [3.05, 3.63) is 56.7 Å². The van der Waals surface area contributed by atoms with E-state index in [1.807, 2.05) is 0 Å². The molecule has 5 nitrogen and oxygen atoms in total. The zero-order valence-electron chi connectivity index (χ0n) is 17.5. The van der Waals surface area contributed by atoms with Crippen molar-refractivity contribution in [2.24, 2.45) is 10.7 Å². The maximum Gasteiger partial charge on any atom is 0.304 e. The lowest BCUT2D eigenvalue weighted by Gasteiger charge is -2.42. The molecule has 2 aromatic rings. The fourth-order valence-electron chi connectivity index (χ4n) is 4.32. The Kier molecular flexibility index (Phi) is 5.48. The van der Waals surface area contributed by atoms with Crippen LogP contribution in [0.5, 0.6) is 0 Å². The van der Waals surface area contributed by atoms with Crippen molar-refractivity contribution in [1.29, 1.82) is 0 Å². The monoisotopic (exact) mass is 544 g/mol. The Morgan fingerprint density at radius 3 is 2.71 bits per heavy atom. The molecule has 1 aliphatic carbocycles. The number of rotatable bonds is 3. The van der Waals surface area contributed by atoms with Crippen LogP contribution in [-0.4, -0.2) is 29.0 Å². The second-order valence-corrected chi connectivity index (χ2v) is 9.92. The van der Waals surface area contributed by atoms with Gasteiger partial charge in [-0.2, -0.15) is 0 Å². The highest BCUT2D eigenvalue weighted by molar-refractivity contribution is 14.1. The van der Waals surface area contributed by atoms with Gasteiger partial charge in [0.25, 0.3) is 0 Å². The molecule has 0 fully saturated rings. The summed E-state index contributed by atoms with van der Waals surface area (Å²) < 4.78 is 52.5. The highest BCUT2D eigenvalue weighted by Gasteiger charge is 2.64. The molecule has 31 heavy (non-hydrogen) atoms. The van der Waals surface area contributed by atoms with Gasteiger partial charge < -0.3 is 15.8 Å². The van der Waals surface area contributed by atoms with Crippen molar-refractivity contribution >= 4 is 34.1 Å². The summed E-state index contributed by atoms with van der Waals surface area (Å²) in [6, 6.07) is 6.12. The zero-order valence-corrected chi connectivity index (χ0v) is 19.6. The van der Waals surface area contributed by atoms with Crippen LogP contribution in [0.4, 0.5) is 18.9 Å². The van der Waals surface area contributed by atoms with Crippen LogP contribution in [0.3, 0.4) is 0 Å². The lowest BCUT2D eigenvalue weighted by atomic mass is 9.78. The third kappa shape index (κ3) is 3.69. The number of fused-ring (bicyclic) bond motifs is 1. The number of nitrogens with two attached hydrogens (primary N) is 1. The number of alkyl halides is 2. The summed E-state index contributed by atoms with van der Waals surface area (Å²) in [5, 5.41) is 3.33. The number of aliphatic imine (C=N–C) groups is 1. The van der Waals surface area contributed by atoms with Gasteiger partial charge in [0.1, 0.15) is 23.9 Å². The Bertz CT molecular complexity index is 1060. The molecule has 0 amide bonds.